The lowest BCUT2D eigenvalue weighted by atomic mass is 10.2. The molecule has 0 spiro atoms. The molecule has 1 nitrogen and oxygen atoms in total. The summed E-state index contributed by atoms with van der Waals surface area (Å²) in [5.41, 5.74) is 0.262. The Hall–Kier alpha value is -1.61. The van der Waals surface area contributed by atoms with Gasteiger partial charge in [0.15, 0.2) is 0 Å². The maximum absolute atomic E-state index is 13.4. The predicted octanol–water partition coefficient (Wildman–Crippen LogP) is 4.50. The van der Waals surface area contributed by atoms with Crippen molar-refractivity contribution >= 4 is 11.6 Å². The summed E-state index contributed by atoms with van der Waals surface area (Å²) in [4.78, 5) is 0. The normalized spacial score (nSPS) is 10.3. The molecule has 0 bridgehead atoms. The van der Waals surface area contributed by atoms with E-state index in [9.17, 15) is 8.78 Å². The number of alkyl halides is 1. The molecule has 0 unspecified atom stereocenters. The summed E-state index contributed by atoms with van der Waals surface area (Å²) in [7, 11) is 0. The third kappa shape index (κ3) is 2.74. The average Bonchev–Trinajstić information content (AvgIpc) is 2.29. The van der Waals surface area contributed by atoms with Crippen LogP contribution in [0.15, 0.2) is 42.5 Å². The Labute approximate surface area is 103 Å². The number of halogens is 3. The quantitative estimate of drug-likeness (QED) is 0.733. The van der Waals surface area contributed by atoms with Crippen molar-refractivity contribution in [2.45, 2.75) is 5.88 Å². The second-order valence-electron chi connectivity index (χ2n) is 3.41. The standard InChI is InChI=1S/C13H9ClF2O/c14-8-11-12(16)5-2-6-13(11)17-10-4-1-3-9(15)7-10/h1-7H,8H2. The lowest BCUT2D eigenvalue weighted by molar-refractivity contribution is 0.465. The van der Waals surface area contributed by atoms with E-state index in [4.69, 9.17) is 16.3 Å². The summed E-state index contributed by atoms with van der Waals surface area (Å²) in [6.07, 6.45) is 0. The van der Waals surface area contributed by atoms with Crippen LogP contribution in [-0.4, -0.2) is 0 Å². The molecule has 0 aromatic heterocycles. The van der Waals surface area contributed by atoms with E-state index >= 15 is 0 Å². The SMILES string of the molecule is Fc1cccc(Oc2cccc(F)c2CCl)c1. The van der Waals surface area contributed by atoms with E-state index in [0.717, 1.165) is 0 Å². The highest BCUT2D eigenvalue weighted by atomic mass is 35.5. The minimum absolute atomic E-state index is 0.00266. The first kappa shape index (κ1) is 11.9. The molecule has 0 aliphatic heterocycles. The van der Waals surface area contributed by atoms with Gasteiger partial charge in [0.25, 0.3) is 0 Å². The highest BCUT2D eigenvalue weighted by molar-refractivity contribution is 6.17. The molecular weight excluding hydrogens is 246 g/mol. The molecule has 17 heavy (non-hydrogen) atoms. The van der Waals surface area contributed by atoms with E-state index < -0.39 is 11.6 Å². The molecule has 0 heterocycles. The zero-order valence-corrected chi connectivity index (χ0v) is 9.55. The third-order valence-corrected chi connectivity index (χ3v) is 2.50. The molecule has 4 heteroatoms. The van der Waals surface area contributed by atoms with Gasteiger partial charge in [-0.15, -0.1) is 11.6 Å². The molecule has 0 radical (unpaired) electrons. The summed E-state index contributed by atoms with van der Waals surface area (Å²) in [5.74, 6) is -0.245. The second kappa shape index (κ2) is 5.15. The van der Waals surface area contributed by atoms with Gasteiger partial charge in [-0.1, -0.05) is 12.1 Å². The fourth-order valence-corrected chi connectivity index (χ4v) is 1.68. The molecule has 0 aliphatic carbocycles. The fourth-order valence-electron chi connectivity index (χ4n) is 1.42. The first-order valence-electron chi connectivity index (χ1n) is 4.97. The zero-order valence-electron chi connectivity index (χ0n) is 8.79. The highest BCUT2D eigenvalue weighted by Crippen LogP contribution is 2.28. The van der Waals surface area contributed by atoms with E-state index in [2.05, 4.69) is 0 Å². The van der Waals surface area contributed by atoms with E-state index in [1.54, 1.807) is 12.1 Å². The van der Waals surface area contributed by atoms with Crippen LogP contribution in [0.3, 0.4) is 0 Å². The summed E-state index contributed by atoms with van der Waals surface area (Å²) in [5, 5.41) is 0. The maximum atomic E-state index is 13.4. The van der Waals surface area contributed by atoms with Crippen LogP contribution in [0.1, 0.15) is 5.56 Å². The number of ether oxygens (including phenoxy) is 1. The number of hydrogen-bond acceptors (Lipinski definition) is 1. The molecule has 88 valence electrons. The predicted molar refractivity (Wildman–Crippen MR) is 62.4 cm³/mol. The Morgan fingerprint density at radius 3 is 2.53 bits per heavy atom. The summed E-state index contributed by atoms with van der Waals surface area (Å²) in [6.45, 7) is 0. The molecule has 2 aromatic carbocycles. The molecule has 2 aromatic rings. The first-order valence-corrected chi connectivity index (χ1v) is 5.51. The molecule has 0 N–H and O–H groups in total. The molecular formula is C13H9ClF2O. The van der Waals surface area contributed by atoms with Crippen molar-refractivity contribution < 1.29 is 13.5 Å². The van der Waals surface area contributed by atoms with E-state index in [1.807, 2.05) is 0 Å². The Balaban J connectivity index is 2.33. The summed E-state index contributed by atoms with van der Waals surface area (Å²) < 4.78 is 31.7. The lowest BCUT2D eigenvalue weighted by Gasteiger charge is -2.10. The maximum Gasteiger partial charge on any atom is 0.134 e. The minimum atomic E-state index is -0.436. The minimum Gasteiger partial charge on any atom is -0.457 e. The van der Waals surface area contributed by atoms with Crippen molar-refractivity contribution in [2.75, 3.05) is 0 Å². The molecule has 2 rings (SSSR count). The second-order valence-corrected chi connectivity index (χ2v) is 3.68. The first-order chi connectivity index (χ1) is 8.20. The number of rotatable bonds is 3. The Morgan fingerprint density at radius 2 is 1.82 bits per heavy atom. The van der Waals surface area contributed by atoms with Gasteiger partial charge in [-0.3, -0.25) is 0 Å². The van der Waals surface area contributed by atoms with Crippen LogP contribution in [0.5, 0.6) is 11.5 Å². The average molecular weight is 255 g/mol. The van der Waals surface area contributed by atoms with Crippen LogP contribution < -0.4 is 4.74 Å². The Bertz CT molecular complexity index is 529. The van der Waals surface area contributed by atoms with Crippen molar-refractivity contribution in [3.8, 4) is 11.5 Å². The van der Waals surface area contributed by atoms with Crippen LogP contribution in [0, 0.1) is 11.6 Å². The molecule has 0 aliphatic rings. The van der Waals surface area contributed by atoms with Crippen molar-refractivity contribution in [3.63, 3.8) is 0 Å². The van der Waals surface area contributed by atoms with Gasteiger partial charge in [0.2, 0.25) is 0 Å². The third-order valence-electron chi connectivity index (χ3n) is 2.23. The Morgan fingerprint density at radius 1 is 1.06 bits per heavy atom. The van der Waals surface area contributed by atoms with Crippen molar-refractivity contribution in [2.24, 2.45) is 0 Å². The van der Waals surface area contributed by atoms with Gasteiger partial charge in [-0.25, -0.2) is 8.78 Å². The van der Waals surface area contributed by atoms with E-state index in [1.165, 1.54) is 30.3 Å². The molecule has 0 saturated carbocycles. The molecule has 0 amide bonds. The van der Waals surface area contributed by atoms with Gasteiger partial charge in [0, 0.05) is 11.6 Å². The molecule has 0 saturated heterocycles. The lowest BCUT2D eigenvalue weighted by Crippen LogP contribution is -1.93. The van der Waals surface area contributed by atoms with Gasteiger partial charge >= 0.3 is 0 Å². The number of benzene rings is 2. The van der Waals surface area contributed by atoms with Crippen LogP contribution in [0.25, 0.3) is 0 Å². The van der Waals surface area contributed by atoms with Gasteiger partial charge in [-0.05, 0) is 24.3 Å². The van der Waals surface area contributed by atoms with Crippen LogP contribution in [0.4, 0.5) is 8.78 Å². The van der Waals surface area contributed by atoms with Crippen molar-refractivity contribution in [1.82, 2.24) is 0 Å². The van der Waals surface area contributed by atoms with Crippen molar-refractivity contribution in [1.29, 1.82) is 0 Å². The molecule has 0 atom stereocenters. The van der Waals surface area contributed by atoms with Gasteiger partial charge in [-0.2, -0.15) is 0 Å². The van der Waals surface area contributed by atoms with Gasteiger partial charge < -0.3 is 4.74 Å². The van der Waals surface area contributed by atoms with Crippen LogP contribution in [0.2, 0.25) is 0 Å². The Kier molecular flexibility index (Phi) is 3.59. The molecule has 0 fully saturated rings. The topological polar surface area (TPSA) is 9.23 Å². The van der Waals surface area contributed by atoms with Crippen LogP contribution >= 0.6 is 11.6 Å². The smallest absolute Gasteiger partial charge is 0.134 e. The van der Waals surface area contributed by atoms with E-state index in [-0.39, 0.29) is 11.4 Å². The monoisotopic (exact) mass is 254 g/mol. The van der Waals surface area contributed by atoms with Crippen molar-refractivity contribution in [3.05, 3.63) is 59.7 Å². The van der Waals surface area contributed by atoms with Gasteiger partial charge in [0.05, 0.1) is 5.88 Å². The van der Waals surface area contributed by atoms with E-state index in [0.29, 0.717) is 11.5 Å². The van der Waals surface area contributed by atoms with Gasteiger partial charge in [0.1, 0.15) is 23.1 Å². The highest BCUT2D eigenvalue weighted by Gasteiger charge is 2.09. The fraction of sp³-hybridized carbons (Fsp3) is 0.0769. The summed E-state index contributed by atoms with van der Waals surface area (Å²) >= 11 is 5.64. The van der Waals surface area contributed by atoms with Crippen LogP contribution in [-0.2, 0) is 5.88 Å². The number of hydrogen-bond donors (Lipinski definition) is 0. The zero-order chi connectivity index (χ0) is 12.3. The summed E-state index contributed by atoms with van der Waals surface area (Å²) in [6, 6.07) is 10.0. The largest absolute Gasteiger partial charge is 0.457 e.